The molecule has 2 N–H and O–H groups in total. The molecule has 1 aliphatic heterocycles. The molecule has 6 heteroatoms. The highest BCUT2D eigenvalue weighted by Crippen LogP contribution is 2.29. The van der Waals surface area contributed by atoms with E-state index in [1.807, 2.05) is 25.1 Å². The monoisotopic (exact) mass is 264 g/mol. The van der Waals surface area contributed by atoms with Gasteiger partial charge >= 0.3 is 0 Å². The van der Waals surface area contributed by atoms with Crippen LogP contribution in [0.15, 0.2) is 29.6 Å². The van der Waals surface area contributed by atoms with Crippen molar-refractivity contribution in [3.63, 3.8) is 0 Å². The van der Waals surface area contributed by atoms with Crippen LogP contribution in [0.3, 0.4) is 0 Å². The number of aromatic amines is 1. The first kappa shape index (κ1) is 12.6. The summed E-state index contributed by atoms with van der Waals surface area (Å²) in [5.74, 6) is -0.0558. The van der Waals surface area contributed by atoms with E-state index in [-0.39, 0.29) is 23.7 Å². The molecule has 5 nitrogen and oxygen atoms in total. The molecule has 0 saturated heterocycles. The summed E-state index contributed by atoms with van der Waals surface area (Å²) in [5.41, 5.74) is 5.07. The summed E-state index contributed by atoms with van der Waals surface area (Å²) in [7, 11) is 0. The molecule has 1 unspecified atom stereocenters. The minimum atomic E-state index is -0.346. The molecule has 18 heavy (non-hydrogen) atoms. The Morgan fingerprint density at radius 2 is 2.22 bits per heavy atom. The minimum Gasteiger partial charge on any atom is -0.345 e. The van der Waals surface area contributed by atoms with Crippen LogP contribution in [0, 0.1) is 0 Å². The normalized spacial score (nSPS) is 22.6. The van der Waals surface area contributed by atoms with E-state index in [1.165, 1.54) is 0 Å². The molecule has 2 aromatic rings. The lowest BCUT2D eigenvalue weighted by atomic mass is 9.79. The van der Waals surface area contributed by atoms with Crippen molar-refractivity contribution in [2.75, 3.05) is 0 Å². The summed E-state index contributed by atoms with van der Waals surface area (Å²) in [5, 5.41) is 3.91. The maximum absolute atomic E-state index is 11.4. The average molecular weight is 265 g/mol. The van der Waals surface area contributed by atoms with Crippen LogP contribution < -0.4 is 5.43 Å². The Morgan fingerprint density at radius 1 is 1.39 bits per heavy atom. The molecule has 1 amide bonds. The number of imidazole rings is 1. The summed E-state index contributed by atoms with van der Waals surface area (Å²) in [4.78, 5) is 18.7. The second kappa shape index (κ2) is 4.42. The zero-order chi connectivity index (χ0) is 11.9. The number of benzene rings is 1. The number of carbonyl (C=O) groups excluding carboxylic acids is 1. The quantitative estimate of drug-likeness (QED) is 0.824. The van der Waals surface area contributed by atoms with Crippen LogP contribution in [0.5, 0.6) is 0 Å². The summed E-state index contributed by atoms with van der Waals surface area (Å²) in [6, 6.07) is 5.97. The fraction of sp³-hybridized carbons (Fsp3) is 0.250. The molecule has 1 atom stereocenters. The van der Waals surface area contributed by atoms with Gasteiger partial charge in [0, 0.05) is 18.1 Å². The van der Waals surface area contributed by atoms with Gasteiger partial charge in [0.2, 0.25) is 5.91 Å². The van der Waals surface area contributed by atoms with Crippen molar-refractivity contribution in [1.29, 1.82) is 0 Å². The van der Waals surface area contributed by atoms with E-state index in [2.05, 4.69) is 20.5 Å². The van der Waals surface area contributed by atoms with Crippen LogP contribution >= 0.6 is 12.4 Å². The minimum absolute atomic E-state index is 0. The molecule has 1 aliphatic rings. The van der Waals surface area contributed by atoms with Crippen molar-refractivity contribution in [3.8, 4) is 0 Å². The van der Waals surface area contributed by atoms with Gasteiger partial charge in [-0.2, -0.15) is 5.10 Å². The Hall–Kier alpha value is -1.88. The lowest BCUT2D eigenvalue weighted by Crippen LogP contribution is -2.37. The molecule has 0 spiro atoms. The van der Waals surface area contributed by atoms with E-state index in [9.17, 15) is 4.79 Å². The number of hydrogen-bond acceptors (Lipinski definition) is 3. The fourth-order valence-corrected chi connectivity index (χ4v) is 2.13. The van der Waals surface area contributed by atoms with Gasteiger partial charge in [-0.3, -0.25) is 4.79 Å². The first-order valence-corrected chi connectivity index (χ1v) is 5.44. The lowest BCUT2D eigenvalue weighted by molar-refractivity contribution is -0.122. The summed E-state index contributed by atoms with van der Waals surface area (Å²) in [6.07, 6.45) is 3.86. The van der Waals surface area contributed by atoms with Gasteiger partial charge in [-0.25, -0.2) is 10.4 Å². The van der Waals surface area contributed by atoms with Crippen LogP contribution in [0.2, 0.25) is 0 Å². The zero-order valence-electron chi connectivity index (χ0n) is 9.80. The topological polar surface area (TPSA) is 70.1 Å². The Morgan fingerprint density at radius 3 is 3.00 bits per heavy atom. The van der Waals surface area contributed by atoms with E-state index in [0.717, 1.165) is 16.6 Å². The average Bonchev–Trinajstić information content (AvgIpc) is 2.75. The van der Waals surface area contributed by atoms with E-state index in [0.29, 0.717) is 6.42 Å². The number of halogens is 1. The first-order valence-electron chi connectivity index (χ1n) is 5.44. The van der Waals surface area contributed by atoms with Gasteiger partial charge in [0.15, 0.2) is 0 Å². The highest BCUT2D eigenvalue weighted by molar-refractivity contribution is 5.90. The molecule has 0 aliphatic carbocycles. The highest BCUT2D eigenvalue weighted by atomic mass is 35.5. The number of nitrogens with zero attached hydrogens (tertiary/aromatic N) is 2. The number of rotatable bonds is 1. The summed E-state index contributed by atoms with van der Waals surface area (Å²) in [6.45, 7) is 2.01. The number of hydrogen-bond donors (Lipinski definition) is 2. The number of H-pyrrole nitrogens is 1. The van der Waals surface area contributed by atoms with E-state index in [4.69, 9.17) is 0 Å². The van der Waals surface area contributed by atoms with E-state index >= 15 is 0 Å². The number of hydrazone groups is 1. The second-order valence-electron chi connectivity index (χ2n) is 4.52. The van der Waals surface area contributed by atoms with Crippen LogP contribution in [0.25, 0.3) is 11.0 Å². The van der Waals surface area contributed by atoms with Gasteiger partial charge < -0.3 is 4.98 Å². The maximum atomic E-state index is 11.4. The van der Waals surface area contributed by atoms with Gasteiger partial charge in [0.25, 0.3) is 0 Å². The molecular weight excluding hydrogens is 252 g/mol. The molecule has 0 fully saturated rings. The molecule has 0 radical (unpaired) electrons. The predicted octanol–water partition coefficient (Wildman–Crippen LogP) is 1.75. The SMILES string of the molecule is CC1(c2ccc3nc[nH]c3c2)C=NNC(=O)C1.Cl. The molecule has 94 valence electrons. The third kappa shape index (κ3) is 1.97. The largest absolute Gasteiger partial charge is 0.345 e. The van der Waals surface area contributed by atoms with Crippen molar-refractivity contribution >= 4 is 35.6 Å². The van der Waals surface area contributed by atoms with E-state index < -0.39 is 0 Å². The lowest BCUT2D eigenvalue weighted by Gasteiger charge is -2.27. The number of carbonyl (C=O) groups is 1. The van der Waals surface area contributed by atoms with Crippen molar-refractivity contribution in [2.45, 2.75) is 18.8 Å². The molecule has 0 bridgehead atoms. The van der Waals surface area contributed by atoms with Crippen LogP contribution in [0.4, 0.5) is 0 Å². The molecular formula is C12H13ClN4O. The van der Waals surface area contributed by atoms with Gasteiger partial charge in [-0.15, -0.1) is 12.4 Å². The predicted molar refractivity (Wildman–Crippen MR) is 71.9 cm³/mol. The third-order valence-corrected chi connectivity index (χ3v) is 3.15. The molecule has 1 aromatic heterocycles. The van der Waals surface area contributed by atoms with Gasteiger partial charge in [-0.05, 0) is 24.6 Å². The molecule has 1 aromatic carbocycles. The van der Waals surface area contributed by atoms with Crippen LogP contribution in [-0.4, -0.2) is 22.1 Å². The zero-order valence-corrected chi connectivity index (χ0v) is 10.6. The Balaban J connectivity index is 0.00000120. The Labute approximate surface area is 110 Å². The third-order valence-electron chi connectivity index (χ3n) is 3.15. The van der Waals surface area contributed by atoms with Crippen LogP contribution in [-0.2, 0) is 10.2 Å². The van der Waals surface area contributed by atoms with Crippen LogP contribution in [0.1, 0.15) is 18.9 Å². The number of aromatic nitrogens is 2. The first-order chi connectivity index (χ1) is 8.17. The smallest absolute Gasteiger partial charge is 0.241 e. The molecule has 2 heterocycles. The Kier molecular flexibility index (Phi) is 3.09. The van der Waals surface area contributed by atoms with Crippen molar-refractivity contribution < 1.29 is 4.79 Å². The standard InChI is InChI=1S/C12H12N4O.ClH/c1-12(5-11(17)16-15-6-12)8-2-3-9-10(4-8)14-7-13-9;/h2-4,6-7H,5H2,1H3,(H,13,14)(H,16,17);1H. The van der Waals surface area contributed by atoms with Crippen molar-refractivity contribution in [3.05, 3.63) is 30.1 Å². The van der Waals surface area contributed by atoms with E-state index in [1.54, 1.807) is 12.5 Å². The number of amides is 1. The summed E-state index contributed by atoms with van der Waals surface area (Å²) >= 11 is 0. The van der Waals surface area contributed by atoms with Crippen molar-refractivity contribution in [2.24, 2.45) is 5.10 Å². The maximum Gasteiger partial charge on any atom is 0.241 e. The fourth-order valence-electron chi connectivity index (χ4n) is 2.13. The number of nitrogens with one attached hydrogen (secondary N) is 2. The Bertz CT molecular complexity index is 621. The molecule has 0 saturated carbocycles. The van der Waals surface area contributed by atoms with Gasteiger partial charge in [-0.1, -0.05) is 6.07 Å². The highest BCUT2D eigenvalue weighted by Gasteiger charge is 2.30. The second-order valence-corrected chi connectivity index (χ2v) is 4.52. The molecule has 3 rings (SSSR count). The van der Waals surface area contributed by atoms with Crippen molar-refractivity contribution in [1.82, 2.24) is 15.4 Å². The van der Waals surface area contributed by atoms with Gasteiger partial charge in [0.05, 0.1) is 17.4 Å². The summed E-state index contributed by atoms with van der Waals surface area (Å²) < 4.78 is 0. The number of fused-ring (bicyclic) bond motifs is 1. The van der Waals surface area contributed by atoms with Gasteiger partial charge in [0.1, 0.15) is 0 Å².